The number of nitrogens with zero attached hydrogens (tertiary/aromatic N) is 18. The van der Waals surface area contributed by atoms with E-state index in [0.717, 1.165) is 28.7 Å². The number of rotatable bonds is 9. The molecule has 0 bridgehead atoms. The first kappa shape index (κ1) is 82.2. The maximum absolute atomic E-state index is 4.67. The topological polar surface area (TPSA) is 116 Å². The molecule has 6 aliphatic rings. The van der Waals surface area contributed by atoms with Gasteiger partial charge in [0.2, 0.25) is 0 Å². The summed E-state index contributed by atoms with van der Waals surface area (Å²) in [5.41, 5.74) is 30.5. The molecule has 0 radical (unpaired) electrons. The van der Waals surface area contributed by atoms with E-state index >= 15 is 0 Å². The van der Waals surface area contributed by atoms with Crippen LogP contribution >= 0.6 is 0 Å². The minimum atomic E-state index is 0.170. The van der Waals surface area contributed by atoms with E-state index in [1.54, 1.807) is 0 Å². The van der Waals surface area contributed by atoms with Gasteiger partial charge in [0.1, 0.15) is 37.0 Å². The average molecular weight is 1620 g/mol. The van der Waals surface area contributed by atoms with Crippen LogP contribution in [0.4, 0.5) is 120 Å². The van der Waals surface area contributed by atoms with Crippen LogP contribution in [0.25, 0.3) is 0 Å². The van der Waals surface area contributed by atoms with E-state index < -0.39 is 0 Å². The fraction of sp³-hybridized carbons (Fsp3) is 0.200. The maximum atomic E-state index is 4.67. The Morgan fingerprint density at radius 2 is 0.407 bits per heavy atom. The Balaban J connectivity index is 0.000000110. The summed E-state index contributed by atoms with van der Waals surface area (Å²) in [4.78, 5) is 54.3. The number of aromatic nitrogens is 6. The standard InChI is InChI=1S/3C20H19N3.3C15H17N3/c1-15-9-6-7-12-18(15)23-16(2)22(17-10-4-3-5-11-17)19-13-8-14-21-20(19)23;1-15-8-6-7-11-18(15)23-16(2)22(17-9-4-3-5-10-17)20-14-21-13-12-19(20)23;1-15-8-6-7-11-18(15)23-16(2)22(17-9-4-3-5-10-17)19-12-13-21-14-20(19)23;1-11-7-4-5-8-13(11)18-12(2)17(3)14-9-6-10-16-15(14)18;1-11-6-4-5-7-13(11)18-12(2)17(3)15-10-16-9-8-14(15)18;1-11-6-4-5-7-13(11)18-12(2)17(3)14-8-9-16-10-15(14)18/h3*3-14,16H,1-2H3;3*4-10,12H,1-3H3/t3*16-;3*12-/m000000/s1. The van der Waals surface area contributed by atoms with Crippen LogP contribution in [-0.2, 0) is 0 Å². The summed E-state index contributed by atoms with van der Waals surface area (Å²) in [7, 11) is 6.36. The molecule has 0 saturated carbocycles. The number of hydrogen-bond acceptors (Lipinski definition) is 18. The summed E-state index contributed by atoms with van der Waals surface area (Å²) in [6, 6.07) is 99.1. The smallest absolute Gasteiger partial charge is 0.158 e. The van der Waals surface area contributed by atoms with Gasteiger partial charge in [-0.2, -0.15) is 0 Å². The summed E-state index contributed by atoms with van der Waals surface area (Å²) >= 11 is 0. The largest absolute Gasteiger partial charge is 0.352 e. The average Bonchev–Trinajstić information content (AvgIpc) is 1.60. The van der Waals surface area contributed by atoms with Gasteiger partial charge in [0.05, 0.1) is 81.7 Å². The van der Waals surface area contributed by atoms with Gasteiger partial charge in [0.25, 0.3) is 0 Å². The molecule has 0 unspecified atom stereocenters. The van der Waals surface area contributed by atoms with Crippen molar-refractivity contribution >= 4 is 120 Å². The fourth-order valence-corrected chi connectivity index (χ4v) is 17.9. The van der Waals surface area contributed by atoms with Gasteiger partial charge in [-0.15, -0.1) is 0 Å². The molecule has 18 heteroatoms. The summed E-state index contributed by atoms with van der Waals surface area (Å²) in [6.45, 7) is 26.2. The molecule has 0 fully saturated rings. The second-order valence-electron chi connectivity index (χ2n) is 31.8. The Morgan fingerprint density at radius 1 is 0.179 bits per heavy atom. The summed E-state index contributed by atoms with van der Waals surface area (Å²) in [5.74, 6) is 2.06. The zero-order valence-corrected chi connectivity index (χ0v) is 72.9. The van der Waals surface area contributed by atoms with Crippen LogP contribution in [0, 0.1) is 41.5 Å². The molecule has 0 amide bonds. The van der Waals surface area contributed by atoms with Gasteiger partial charge >= 0.3 is 0 Å². The lowest BCUT2D eigenvalue weighted by Crippen LogP contribution is -2.36. The molecule has 618 valence electrons. The predicted octanol–water partition coefficient (Wildman–Crippen LogP) is 25.0. The maximum Gasteiger partial charge on any atom is 0.158 e. The second-order valence-corrected chi connectivity index (χ2v) is 31.8. The van der Waals surface area contributed by atoms with Crippen molar-refractivity contribution < 1.29 is 0 Å². The third-order valence-electron chi connectivity index (χ3n) is 24.5. The van der Waals surface area contributed by atoms with Gasteiger partial charge in [-0.05, 0) is 238 Å². The van der Waals surface area contributed by atoms with Crippen molar-refractivity contribution in [1.29, 1.82) is 0 Å². The van der Waals surface area contributed by atoms with Crippen molar-refractivity contribution in [2.24, 2.45) is 0 Å². The van der Waals surface area contributed by atoms with Crippen LogP contribution in [0.1, 0.15) is 74.9 Å². The molecule has 12 heterocycles. The zero-order valence-electron chi connectivity index (χ0n) is 72.9. The van der Waals surface area contributed by atoms with Crippen molar-refractivity contribution in [3.05, 3.63) is 380 Å². The highest BCUT2D eigenvalue weighted by molar-refractivity contribution is 5.92. The van der Waals surface area contributed by atoms with E-state index in [1.165, 1.54) is 124 Å². The summed E-state index contributed by atoms with van der Waals surface area (Å²) in [6.07, 6.45) is 20.4. The Hall–Kier alpha value is -14.5. The molecule has 0 N–H and O–H groups in total. The number of fused-ring (bicyclic) bond motifs is 6. The Bertz CT molecular complexity index is 5540. The molecule has 6 aromatic heterocycles. The molecule has 15 aromatic rings. The first-order chi connectivity index (χ1) is 59.9. The SMILES string of the molecule is Cc1ccccc1N1c2ccncc2N(C)[C@@H]1C.Cc1ccccc1N1c2ccncc2N(c2ccccc2)[C@@H]1C.Cc1ccccc1N1c2cnccc2N(C)[C@@H]1C.Cc1ccccc1N1c2cnccc2N(c2ccccc2)[C@@H]1C.Cc1ccccc1N1c2ncccc2N(C)[C@@H]1C.Cc1ccccc1N1c2ncccc2N(c2ccccc2)[C@@H]1C. The molecule has 6 aliphatic heterocycles. The predicted molar refractivity (Wildman–Crippen MR) is 513 cm³/mol. The van der Waals surface area contributed by atoms with Crippen LogP contribution in [0.5, 0.6) is 0 Å². The van der Waals surface area contributed by atoms with E-state index in [0.29, 0.717) is 12.3 Å². The normalized spacial score (nSPS) is 17.2. The number of para-hydroxylation sites is 9. The lowest BCUT2D eigenvalue weighted by Gasteiger charge is -2.31. The van der Waals surface area contributed by atoms with Crippen LogP contribution in [0.3, 0.4) is 0 Å². The molecule has 0 aliphatic carbocycles. The molecular weight excluding hydrogens is 1510 g/mol. The molecule has 0 saturated heterocycles. The van der Waals surface area contributed by atoms with Crippen molar-refractivity contribution in [1.82, 2.24) is 29.9 Å². The molecule has 18 nitrogen and oxygen atoms in total. The highest BCUT2D eigenvalue weighted by Gasteiger charge is 2.41. The Labute approximate surface area is 725 Å². The van der Waals surface area contributed by atoms with Crippen LogP contribution in [0.15, 0.2) is 347 Å². The van der Waals surface area contributed by atoms with Gasteiger partial charge in [-0.3, -0.25) is 19.9 Å². The first-order valence-electron chi connectivity index (χ1n) is 42.4. The van der Waals surface area contributed by atoms with E-state index in [1.807, 2.05) is 86.2 Å². The highest BCUT2D eigenvalue weighted by atomic mass is 15.5. The molecule has 9 aromatic carbocycles. The van der Waals surface area contributed by atoms with Crippen LogP contribution in [-0.4, -0.2) is 88.0 Å². The number of pyridine rings is 6. The van der Waals surface area contributed by atoms with E-state index in [2.05, 4.69) is 454 Å². The van der Waals surface area contributed by atoms with Crippen molar-refractivity contribution in [2.45, 2.75) is 120 Å². The van der Waals surface area contributed by atoms with Gasteiger partial charge in [-0.25, -0.2) is 9.97 Å². The lowest BCUT2D eigenvalue weighted by atomic mass is 10.1. The van der Waals surface area contributed by atoms with Crippen molar-refractivity contribution in [3.8, 4) is 0 Å². The van der Waals surface area contributed by atoms with E-state index in [9.17, 15) is 0 Å². The zero-order chi connectivity index (χ0) is 85.5. The molecule has 0 spiro atoms. The molecule has 6 atom stereocenters. The van der Waals surface area contributed by atoms with Gasteiger partial charge in [-0.1, -0.05) is 164 Å². The summed E-state index contributed by atoms with van der Waals surface area (Å²) in [5, 5.41) is 0. The fourth-order valence-electron chi connectivity index (χ4n) is 17.9. The number of benzene rings is 9. The van der Waals surface area contributed by atoms with Crippen molar-refractivity contribution in [2.75, 3.05) is 79.9 Å². The number of aryl methyl sites for hydroxylation is 6. The monoisotopic (exact) mass is 1620 g/mol. The minimum Gasteiger partial charge on any atom is -0.352 e. The summed E-state index contributed by atoms with van der Waals surface area (Å²) < 4.78 is 0. The van der Waals surface area contributed by atoms with Crippen LogP contribution in [0.2, 0.25) is 0 Å². The van der Waals surface area contributed by atoms with Crippen LogP contribution < -0.4 is 58.8 Å². The third-order valence-corrected chi connectivity index (χ3v) is 24.5. The van der Waals surface area contributed by atoms with Gasteiger partial charge < -0.3 is 58.8 Å². The molecular formula is C105H108N18. The van der Waals surface area contributed by atoms with E-state index in [-0.39, 0.29) is 24.7 Å². The number of hydrogen-bond donors (Lipinski definition) is 0. The third kappa shape index (κ3) is 16.0. The molecule has 21 rings (SSSR count). The van der Waals surface area contributed by atoms with Crippen molar-refractivity contribution in [3.63, 3.8) is 0 Å². The van der Waals surface area contributed by atoms with Gasteiger partial charge in [0.15, 0.2) is 11.6 Å². The van der Waals surface area contributed by atoms with Gasteiger partial charge in [0, 0.05) is 110 Å². The lowest BCUT2D eigenvalue weighted by molar-refractivity contribution is 0.729. The minimum absolute atomic E-state index is 0.170. The highest BCUT2D eigenvalue weighted by Crippen LogP contribution is 2.52. The molecule has 123 heavy (non-hydrogen) atoms. The van der Waals surface area contributed by atoms with E-state index in [4.69, 9.17) is 0 Å². The Morgan fingerprint density at radius 3 is 0.805 bits per heavy atom. The second kappa shape index (κ2) is 36.2. The quantitative estimate of drug-likeness (QED) is 0.136. The first-order valence-corrected chi connectivity index (χ1v) is 42.4. The number of anilines is 21. The Kier molecular flexibility index (Phi) is 24.2.